The Balaban J connectivity index is 1.39. The van der Waals surface area contributed by atoms with E-state index in [1.807, 2.05) is 24.3 Å². The van der Waals surface area contributed by atoms with Gasteiger partial charge in [0.25, 0.3) is 10.0 Å². The van der Waals surface area contributed by atoms with Gasteiger partial charge in [0.05, 0.1) is 31.8 Å². The maximum Gasteiger partial charge on any atom is 0.262 e. The normalized spacial score (nSPS) is 15.2. The van der Waals surface area contributed by atoms with Gasteiger partial charge in [-0.25, -0.2) is 8.42 Å². The van der Waals surface area contributed by atoms with Gasteiger partial charge in [0.1, 0.15) is 5.75 Å². The first-order valence-corrected chi connectivity index (χ1v) is 11.5. The summed E-state index contributed by atoms with van der Waals surface area (Å²) in [4.78, 5) is 9.70. The van der Waals surface area contributed by atoms with Crippen molar-refractivity contribution in [2.75, 3.05) is 59.7 Å². The van der Waals surface area contributed by atoms with Crippen molar-refractivity contribution in [1.29, 1.82) is 0 Å². The van der Waals surface area contributed by atoms with Crippen LogP contribution in [0.4, 0.5) is 0 Å². The van der Waals surface area contributed by atoms with E-state index in [2.05, 4.69) is 15.1 Å². The molecule has 0 radical (unpaired) electrons. The third-order valence-electron chi connectivity index (χ3n) is 4.85. The predicted molar refractivity (Wildman–Crippen MR) is 115 cm³/mol. The molecular weight excluding hydrogens is 406 g/mol. The lowest BCUT2D eigenvalue weighted by Crippen LogP contribution is -2.44. The summed E-state index contributed by atoms with van der Waals surface area (Å²) >= 11 is 0. The first-order valence-electron chi connectivity index (χ1n) is 9.97. The number of hydrogen-bond acceptors (Lipinski definition) is 7. The van der Waals surface area contributed by atoms with Crippen molar-refractivity contribution < 1.29 is 22.7 Å². The van der Waals surface area contributed by atoms with Crippen molar-refractivity contribution in [1.82, 2.24) is 15.1 Å². The van der Waals surface area contributed by atoms with E-state index in [0.29, 0.717) is 13.2 Å². The molecule has 2 N–H and O–H groups in total. The second kappa shape index (κ2) is 11.4. The number of nitrogens with one attached hydrogen (secondary N) is 2. The van der Waals surface area contributed by atoms with E-state index in [9.17, 15) is 8.42 Å². The molecule has 30 heavy (non-hydrogen) atoms. The number of piperazine rings is 1. The van der Waals surface area contributed by atoms with Gasteiger partial charge in [-0.15, -0.1) is 0 Å². The first kappa shape index (κ1) is 22.7. The average Bonchev–Trinajstić information content (AvgIpc) is 2.79. The van der Waals surface area contributed by atoms with Crippen LogP contribution in [-0.2, 0) is 19.6 Å². The van der Waals surface area contributed by atoms with E-state index in [1.165, 1.54) is 0 Å². The van der Waals surface area contributed by atoms with Gasteiger partial charge in [-0.05, 0) is 35.4 Å². The van der Waals surface area contributed by atoms with Crippen LogP contribution >= 0.6 is 0 Å². The molecule has 0 aliphatic carbocycles. The molecule has 164 valence electrons. The van der Waals surface area contributed by atoms with Gasteiger partial charge in [0.2, 0.25) is 0 Å². The topological polar surface area (TPSA) is 89.1 Å². The molecule has 0 atom stereocenters. The van der Waals surface area contributed by atoms with E-state index < -0.39 is 10.0 Å². The van der Waals surface area contributed by atoms with Gasteiger partial charge in [-0.1, -0.05) is 29.2 Å². The van der Waals surface area contributed by atoms with Gasteiger partial charge < -0.3 is 14.8 Å². The highest BCUT2D eigenvalue weighted by Crippen LogP contribution is 2.23. The number of ether oxygens (including phenoxy) is 2. The first-order chi connectivity index (χ1) is 14.6. The molecule has 2 aromatic rings. The van der Waals surface area contributed by atoms with Gasteiger partial charge in [-0.3, -0.25) is 9.74 Å². The van der Waals surface area contributed by atoms with Gasteiger partial charge in [0.15, 0.2) is 0 Å². The third-order valence-corrected chi connectivity index (χ3v) is 6.08. The van der Waals surface area contributed by atoms with E-state index in [0.717, 1.165) is 49.6 Å². The molecule has 0 saturated carbocycles. The Hall–Kier alpha value is -2.01. The maximum absolute atomic E-state index is 12.4. The van der Waals surface area contributed by atoms with Crippen molar-refractivity contribution in [3.05, 3.63) is 48.5 Å². The van der Waals surface area contributed by atoms with Crippen LogP contribution in [0.2, 0.25) is 0 Å². The van der Waals surface area contributed by atoms with E-state index in [1.54, 1.807) is 31.4 Å². The largest absolute Gasteiger partial charge is 0.497 e. The number of nitrogens with zero attached hydrogens (tertiary/aromatic N) is 1. The Kier molecular flexibility index (Phi) is 8.61. The van der Waals surface area contributed by atoms with Gasteiger partial charge in [0, 0.05) is 32.7 Å². The monoisotopic (exact) mass is 435 g/mol. The fourth-order valence-electron chi connectivity index (χ4n) is 3.11. The fraction of sp³-hybridized carbons (Fsp3) is 0.429. The standard InChI is InChI=1S/C21H29N3O5S/c1-27-20-6-2-18(3-7-20)19-4-8-21(9-5-19)30(25,26)23-29-17-16-28-15-14-24-12-10-22-11-13-24/h2-9,22-23H,10-17H2,1H3. The molecule has 1 aliphatic heterocycles. The summed E-state index contributed by atoms with van der Waals surface area (Å²) in [5.74, 6) is 0.770. The van der Waals surface area contributed by atoms with Crippen molar-refractivity contribution in [2.24, 2.45) is 0 Å². The predicted octanol–water partition coefficient (Wildman–Crippen LogP) is 1.49. The van der Waals surface area contributed by atoms with E-state index in [4.69, 9.17) is 14.3 Å². The fourth-order valence-corrected chi connectivity index (χ4v) is 3.94. The maximum atomic E-state index is 12.4. The Morgan fingerprint density at radius 1 is 0.933 bits per heavy atom. The lowest BCUT2D eigenvalue weighted by atomic mass is 10.1. The number of benzene rings is 2. The quantitative estimate of drug-likeness (QED) is 0.408. The molecule has 1 saturated heterocycles. The van der Waals surface area contributed by atoms with Gasteiger partial charge >= 0.3 is 0 Å². The number of methoxy groups -OCH3 is 1. The van der Waals surface area contributed by atoms with E-state index >= 15 is 0 Å². The van der Waals surface area contributed by atoms with Crippen LogP contribution in [0, 0.1) is 0 Å². The molecule has 1 heterocycles. The molecule has 0 unspecified atom stereocenters. The molecule has 3 rings (SSSR count). The number of sulfonamides is 1. The molecule has 0 bridgehead atoms. The minimum Gasteiger partial charge on any atom is -0.497 e. The Morgan fingerprint density at radius 2 is 1.57 bits per heavy atom. The molecular formula is C21H29N3O5S. The van der Waals surface area contributed by atoms with Gasteiger partial charge in [-0.2, -0.15) is 0 Å². The molecule has 2 aromatic carbocycles. The summed E-state index contributed by atoms with van der Waals surface area (Å²) in [6, 6.07) is 14.2. The number of rotatable bonds is 11. The van der Waals surface area contributed by atoms with Crippen molar-refractivity contribution in [2.45, 2.75) is 4.90 Å². The SMILES string of the molecule is COc1ccc(-c2ccc(S(=O)(=O)NOCCOCCN3CCNCC3)cc2)cc1. The highest BCUT2D eigenvalue weighted by Gasteiger charge is 2.14. The minimum absolute atomic E-state index is 0.138. The zero-order chi connectivity index (χ0) is 21.2. The molecule has 9 heteroatoms. The van der Waals surface area contributed by atoms with Crippen LogP contribution in [-0.4, -0.2) is 73.0 Å². The third kappa shape index (κ3) is 6.76. The van der Waals surface area contributed by atoms with E-state index in [-0.39, 0.29) is 11.5 Å². The highest BCUT2D eigenvalue weighted by molar-refractivity contribution is 7.89. The molecule has 0 aromatic heterocycles. The molecule has 1 fully saturated rings. The number of hydrogen-bond donors (Lipinski definition) is 2. The molecule has 8 nitrogen and oxygen atoms in total. The smallest absolute Gasteiger partial charge is 0.262 e. The second-order valence-electron chi connectivity index (χ2n) is 6.89. The molecule has 0 spiro atoms. The van der Waals surface area contributed by atoms with Crippen LogP contribution in [0.5, 0.6) is 5.75 Å². The van der Waals surface area contributed by atoms with Crippen LogP contribution in [0.25, 0.3) is 11.1 Å². The summed E-state index contributed by atoms with van der Waals surface area (Å²) in [7, 11) is -2.13. The Morgan fingerprint density at radius 3 is 2.20 bits per heavy atom. The molecule has 1 aliphatic rings. The van der Waals surface area contributed by atoms with Crippen LogP contribution in [0.1, 0.15) is 0 Å². The lowest BCUT2D eigenvalue weighted by molar-refractivity contribution is 0.0192. The zero-order valence-electron chi connectivity index (χ0n) is 17.2. The Bertz CT molecular complexity index is 867. The van der Waals surface area contributed by atoms with Crippen LogP contribution in [0.3, 0.4) is 0 Å². The highest BCUT2D eigenvalue weighted by atomic mass is 32.2. The minimum atomic E-state index is -3.74. The second-order valence-corrected chi connectivity index (χ2v) is 8.54. The van der Waals surface area contributed by atoms with Crippen molar-refractivity contribution >= 4 is 10.0 Å². The summed E-state index contributed by atoms with van der Waals surface area (Å²) in [5, 5.41) is 3.30. The summed E-state index contributed by atoms with van der Waals surface area (Å²) in [6.45, 7) is 6.00. The summed E-state index contributed by atoms with van der Waals surface area (Å²) in [6.07, 6.45) is 0. The lowest BCUT2D eigenvalue weighted by Gasteiger charge is -2.26. The average molecular weight is 436 g/mol. The van der Waals surface area contributed by atoms with Crippen molar-refractivity contribution in [3.8, 4) is 16.9 Å². The van der Waals surface area contributed by atoms with Crippen molar-refractivity contribution in [3.63, 3.8) is 0 Å². The Labute approximate surface area is 178 Å². The van der Waals surface area contributed by atoms with Crippen LogP contribution in [0.15, 0.2) is 53.4 Å². The summed E-state index contributed by atoms with van der Waals surface area (Å²) in [5.41, 5.74) is 1.89. The summed E-state index contributed by atoms with van der Waals surface area (Å²) < 4.78 is 35.4. The molecule has 0 amide bonds. The zero-order valence-corrected chi connectivity index (χ0v) is 18.0. The van der Waals surface area contributed by atoms with Crippen LogP contribution < -0.4 is 14.9 Å².